The maximum absolute atomic E-state index is 12.8. The van der Waals surface area contributed by atoms with Gasteiger partial charge in [0.05, 0.1) is 0 Å². The van der Waals surface area contributed by atoms with Crippen LogP contribution in [-0.4, -0.2) is 29.7 Å². The van der Waals surface area contributed by atoms with E-state index in [1.807, 2.05) is 0 Å². The van der Waals surface area contributed by atoms with Crippen LogP contribution >= 0.6 is 0 Å². The number of amides is 2. The van der Waals surface area contributed by atoms with E-state index in [1.54, 1.807) is 13.8 Å². The summed E-state index contributed by atoms with van der Waals surface area (Å²) in [4.78, 5) is 24.2. The molecule has 0 aromatic heterocycles. The number of nitrogens with one attached hydrogen (secondary N) is 1. The van der Waals surface area contributed by atoms with Crippen LogP contribution in [0.4, 0.5) is 14.9 Å². The van der Waals surface area contributed by atoms with Crippen LogP contribution in [0.5, 0.6) is 0 Å². The summed E-state index contributed by atoms with van der Waals surface area (Å²) < 4.78 is 12.8. The Balaban J connectivity index is 2.82. The van der Waals surface area contributed by atoms with Crippen LogP contribution in [0.1, 0.15) is 20.3 Å². The summed E-state index contributed by atoms with van der Waals surface area (Å²) in [5.74, 6) is -1.47. The number of carbonyl (C=O) groups excluding carboxylic acids is 1. The van der Waals surface area contributed by atoms with E-state index in [2.05, 4.69) is 5.32 Å². The van der Waals surface area contributed by atoms with Crippen LogP contribution in [0, 0.1) is 5.82 Å². The highest BCUT2D eigenvalue weighted by molar-refractivity contribution is 5.94. The summed E-state index contributed by atoms with van der Waals surface area (Å²) in [7, 11) is 0. The Hall–Kier alpha value is -2.11. The highest BCUT2D eigenvalue weighted by Gasteiger charge is 2.21. The molecular formula is C13H17FN2O3. The van der Waals surface area contributed by atoms with E-state index in [9.17, 15) is 14.0 Å². The number of benzene rings is 1. The number of anilines is 1. The van der Waals surface area contributed by atoms with E-state index in [0.717, 1.165) is 0 Å². The van der Waals surface area contributed by atoms with Crippen LogP contribution < -0.4 is 10.2 Å². The number of urea groups is 1. The zero-order chi connectivity index (χ0) is 14.4. The average Bonchev–Trinajstić information content (AvgIpc) is 2.38. The molecule has 0 aliphatic carbocycles. The van der Waals surface area contributed by atoms with Crippen LogP contribution in [0.2, 0.25) is 0 Å². The molecule has 0 saturated carbocycles. The van der Waals surface area contributed by atoms with Crippen molar-refractivity contribution in [3.63, 3.8) is 0 Å². The highest BCUT2D eigenvalue weighted by Crippen LogP contribution is 2.15. The Morgan fingerprint density at radius 2 is 1.89 bits per heavy atom. The van der Waals surface area contributed by atoms with Crippen molar-refractivity contribution in [2.24, 2.45) is 0 Å². The minimum absolute atomic E-state index is 0.294. The Labute approximate surface area is 111 Å². The lowest BCUT2D eigenvalue weighted by atomic mass is 10.2. The third kappa shape index (κ3) is 3.94. The molecule has 1 aromatic rings. The fourth-order valence-electron chi connectivity index (χ4n) is 1.63. The third-order valence-corrected chi connectivity index (χ3v) is 2.70. The maximum Gasteiger partial charge on any atom is 0.326 e. The topological polar surface area (TPSA) is 69.6 Å². The lowest BCUT2D eigenvalue weighted by Crippen LogP contribution is -2.47. The average molecular weight is 268 g/mol. The first-order valence-electron chi connectivity index (χ1n) is 6.06. The van der Waals surface area contributed by atoms with Crippen molar-refractivity contribution in [2.45, 2.75) is 26.3 Å². The van der Waals surface area contributed by atoms with Gasteiger partial charge in [0, 0.05) is 12.2 Å². The van der Waals surface area contributed by atoms with Crippen molar-refractivity contribution in [1.29, 1.82) is 0 Å². The predicted octanol–water partition coefficient (Wildman–Crippen LogP) is 2.22. The Morgan fingerprint density at radius 1 is 1.32 bits per heavy atom. The molecule has 0 radical (unpaired) electrons. The Bertz CT molecular complexity index is 448. The molecule has 2 N–H and O–H groups in total. The van der Waals surface area contributed by atoms with Crippen LogP contribution in [0.15, 0.2) is 24.3 Å². The monoisotopic (exact) mass is 268 g/mol. The number of carbonyl (C=O) groups is 2. The SMILES string of the molecule is CCC(NC(=O)N(CC)c1ccc(F)cc1)C(=O)O. The molecule has 0 heterocycles. The van der Waals surface area contributed by atoms with Gasteiger partial charge in [-0.25, -0.2) is 14.0 Å². The smallest absolute Gasteiger partial charge is 0.326 e. The lowest BCUT2D eigenvalue weighted by Gasteiger charge is -2.23. The van der Waals surface area contributed by atoms with Gasteiger partial charge in [-0.15, -0.1) is 0 Å². The lowest BCUT2D eigenvalue weighted by molar-refractivity contribution is -0.139. The zero-order valence-electron chi connectivity index (χ0n) is 10.9. The summed E-state index contributed by atoms with van der Waals surface area (Å²) in [5, 5.41) is 11.3. The van der Waals surface area contributed by atoms with Crippen molar-refractivity contribution < 1.29 is 19.1 Å². The van der Waals surface area contributed by atoms with Crippen LogP contribution in [0.25, 0.3) is 0 Å². The normalized spacial score (nSPS) is 11.7. The Kier molecular flexibility index (Phi) is 5.29. The van der Waals surface area contributed by atoms with Crippen LogP contribution in [-0.2, 0) is 4.79 Å². The molecule has 0 spiro atoms. The van der Waals surface area contributed by atoms with Gasteiger partial charge in [0.1, 0.15) is 11.9 Å². The molecule has 104 valence electrons. The second kappa shape index (κ2) is 6.72. The van der Waals surface area contributed by atoms with E-state index >= 15 is 0 Å². The predicted molar refractivity (Wildman–Crippen MR) is 69.7 cm³/mol. The summed E-state index contributed by atoms with van der Waals surface area (Å²) in [6, 6.07) is 4.00. The molecule has 0 bridgehead atoms. The standard InChI is InChI=1S/C13H17FN2O3/c1-3-11(12(17)18)15-13(19)16(4-2)10-7-5-9(14)6-8-10/h5-8,11H,3-4H2,1-2H3,(H,15,19)(H,17,18). The number of hydrogen-bond donors (Lipinski definition) is 2. The van der Waals surface area contributed by atoms with Crippen molar-refractivity contribution >= 4 is 17.7 Å². The first-order valence-corrected chi connectivity index (χ1v) is 6.06. The second-order valence-electron chi connectivity index (χ2n) is 3.97. The molecule has 5 nitrogen and oxygen atoms in total. The van der Waals surface area contributed by atoms with Crippen molar-refractivity contribution in [2.75, 3.05) is 11.4 Å². The van der Waals surface area contributed by atoms with Crippen molar-refractivity contribution in [1.82, 2.24) is 5.32 Å². The fourth-order valence-corrected chi connectivity index (χ4v) is 1.63. The highest BCUT2D eigenvalue weighted by atomic mass is 19.1. The molecule has 0 aliphatic rings. The van der Waals surface area contributed by atoms with E-state index in [1.165, 1.54) is 29.2 Å². The summed E-state index contributed by atoms with van der Waals surface area (Å²) in [6.07, 6.45) is 0.294. The van der Waals surface area contributed by atoms with Crippen molar-refractivity contribution in [3.05, 3.63) is 30.1 Å². The van der Waals surface area contributed by atoms with Gasteiger partial charge in [-0.1, -0.05) is 6.92 Å². The quantitative estimate of drug-likeness (QED) is 0.860. The van der Waals surface area contributed by atoms with Gasteiger partial charge in [0.2, 0.25) is 0 Å². The van der Waals surface area contributed by atoms with E-state index in [-0.39, 0.29) is 0 Å². The number of rotatable bonds is 5. The maximum atomic E-state index is 12.8. The molecule has 1 aromatic carbocycles. The molecule has 0 aliphatic heterocycles. The molecular weight excluding hydrogens is 251 g/mol. The fraction of sp³-hybridized carbons (Fsp3) is 0.385. The number of aliphatic carboxylic acids is 1. The van der Waals surface area contributed by atoms with Crippen LogP contribution in [0.3, 0.4) is 0 Å². The molecule has 1 atom stereocenters. The van der Waals surface area contributed by atoms with Gasteiger partial charge < -0.3 is 10.4 Å². The number of halogens is 1. The van der Waals surface area contributed by atoms with E-state index < -0.39 is 23.9 Å². The number of carboxylic acid groups (broad SMARTS) is 1. The van der Waals surface area contributed by atoms with Gasteiger partial charge in [-0.3, -0.25) is 4.90 Å². The molecule has 1 rings (SSSR count). The molecule has 0 fully saturated rings. The largest absolute Gasteiger partial charge is 0.480 e. The number of carboxylic acids is 1. The number of hydrogen-bond acceptors (Lipinski definition) is 2. The summed E-state index contributed by atoms with van der Waals surface area (Å²) in [5.41, 5.74) is 0.515. The molecule has 2 amide bonds. The van der Waals surface area contributed by atoms with Gasteiger partial charge in [-0.2, -0.15) is 0 Å². The second-order valence-corrected chi connectivity index (χ2v) is 3.97. The molecule has 0 saturated heterocycles. The number of nitrogens with zero attached hydrogens (tertiary/aromatic N) is 1. The first-order chi connectivity index (χ1) is 8.99. The molecule has 1 unspecified atom stereocenters. The summed E-state index contributed by atoms with van der Waals surface area (Å²) in [6.45, 7) is 3.78. The van der Waals surface area contributed by atoms with Gasteiger partial charge in [-0.05, 0) is 37.6 Å². The molecule has 19 heavy (non-hydrogen) atoms. The van der Waals surface area contributed by atoms with E-state index in [4.69, 9.17) is 5.11 Å². The van der Waals surface area contributed by atoms with Gasteiger partial charge in [0.15, 0.2) is 0 Å². The zero-order valence-corrected chi connectivity index (χ0v) is 10.9. The van der Waals surface area contributed by atoms with Crippen molar-refractivity contribution in [3.8, 4) is 0 Å². The first kappa shape index (κ1) is 14.9. The third-order valence-electron chi connectivity index (χ3n) is 2.70. The molecule has 6 heteroatoms. The minimum Gasteiger partial charge on any atom is -0.480 e. The van der Waals surface area contributed by atoms with Gasteiger partial charge >= 0.3 is 12.0 Å². The Morgan fingerprint density at radius 3 is 2.32 bits per heavy atom. The van der Waals surface area contributed by atoms with E-state index in [0.29, 0.717) is 18.7 Å². The van der Waals surface area contributed by atoms with Gasteiger partial charge in [0.25, 0.3) is 0 Å². The summed E-state index contributed by atoms with van der Waals surface area (Å²) >= 11 is 0. The minimum atomic E-state index is -1.08.